The summed E-state index contributed by atoms with van der Waals surface area (Å²) in [5.74, 6) is 1.15. The minimum Gasteiger partial charge on any atom is -0.356 e. The standard InChI is InChI=1S/C17H23N3/c1-13(18)11-15-12-14-7-3-4-8-16(14)19-17(15)20-9-5-2-6-10-20/h3-4,7-8,12-13H,2,5-6,9-11,18H2,1H3. The highest BCUT2D eigenvalue weighted by Crippen LogP contribution is 2.27. The molecule has 1 aliphatic rings. The second kappa shape index (κ2) is 5.80. The van der Waals surface area contributed by atoms with E-state index >= 15 is 0 Å². The summed E-state index contributed by atoms with van der Waals surface area (Å²) in [4.78, 5) is 7.36. The number of para-hydroxylation sites is 1. The predicted octanol–water partition coefficient (Wildman–Crippen LogP) is 3.11. The number of hydrogen-bond donors (Lipinski definition) is 1. The van der Waals surface area contributed by atoms with Crippen molar-refractivity contribution in [3.8, 4) is 0 Å². The predicted molar refractivity (Wildman–Crippen MR) is 85.2 cm³/mol. The normalized spacial score (nSPS) is 17.4. The molecule has 1 aromatic heterocycles. The average Bonchev–Trinajstić information content (AvgIpc) is 2.47. The molecule has 0 radical (unpaired) electrons. The summed E-state index contributed by atoms with van der Waals surface area (Å²) in [5.41, 5.74) is 8.40. The van der Waals surface area contributed by atoms with Crippen LogP contribution in [-0.2, 0) is 6.42 Å². The fraction of sp³-hybridized carbons (Fsp3) is 0.471. The zero-order valence-electron chi connectivity index (χ0n) is 12.2. The van der Waals surface area contributed by atoms with Gasteiger partial charge in [0.05, 0.1) is 5.52 Å². The molecule has 1 unspecified atom stereocenters. The molecule has 0 aliphatic carbocycles. The third-order valence-electron chi connectivity index (χ3n) is 3.98. The van der Waals surface area contributed by atoms with E-state index in [2.05, 4.69) is 42.2 Å². The van der Waals surface area contributed by atoms with Gasteiger partial charge in [-0.05, 0) is 50.3 Å². The molecule has 1 aromatic carbocycles. The van der Waals surface area contributed by atoms with Gasteiger partial charge in [-0.3, -0.25) is 0 Å². The van der Waals surface area contributed by atoms with Gasteiger partial charge in [0.25, 0.3) is 0 Å². The molecule has 2 aromatic rings. The average molecular weight is 269 g/mol. The fourth-order valence-electron chi connectivity index (χ4n) is 3.03. The van der Waals surface area contributed by atoms with Crippen LogP contribution in [0, 0.1) is 0 Å². The first-order valence-electron chi connectivity index (χ1n) is 7.63. The number of hydrogen-bond acceptors (Lipinski definition) is 3. The molecule has 0 spiro atoms. The molecule has 1 saturated heterocycles. The van der Waals surface area contributed by atoms with Gasteiger partial charge in [-0.2, -0.15) is 0 Å². The molecular formula is C17H23N3. The molecule has 3 heteroatoms. The number of nitrogens with zero attached hydrogens (tertiary/aromatic N) is 2. The van der Waals surface area contributed by atoms with Crippen LogP contribution in [0.4, 0.5) is 5.82 Å². The van der Waals surface area contributed by atoms with E-state index in [0.29, 0.717) is 0 Å². The molecule has 2 N–H and O–H groups in total. The lowest BCUT2D eigenvalue weighted by Crippen LogP contribution is -2.32. The third kappa shape index (κ3) is 2.78. The Bertz CT molecular complexity index is 586. The van der Waals surface area contributed by atoms with E-state index in [4.69, 9.17) is 10.7 Å². The summed E-state index contributed by atoms with van der Waals surface area (Å²) in [6.07, 6.45) is 4.77. The van der Waals surface area contributed by atoms with E-state index in [9.17, 15) is 0 Å². The Morgan fingerprint density at radius 3 is 2.70 bits per heavy atom. The number of aromatic nitrogens is 1. The summed E-state index contributed by atoms with van der Waals surface area (Å²) < 4.78 is 0. The molecule has 3 nitrogen and oxygen atoms in total. The summed E-state index contributed by atoms with van der Waals surface area (Å²) in [5, 5.41) is 1.21. The summed E-state index contributed by atoms with van der Waals surface area (Å²) in [6, 6.07) is 10.8. The monoisotopic (exact) mass is 269 g/mol. The lowest BCUT2D eigenvalue weighted by molar-refractivity contribution is 0.571. The number of rotatable bonds is 3. The van der Waals surface area contributed by atoms with Crippen LogP contribution in [0.5, 0.6) is 0 Å². The van der Waals surface area contributed by atoms with Crippen molar-refractivity contribution >= 4 is 16.7 Å². The van der Waals surface area contributed by atoms with Gasteiger partial charge in [-0.15, -0.1) is 0 Å². The minimum atomic E-state index is 0.168. The van der Waals surface area contributed by atoms with Gasteiger partial charge in [0.15, 0.2) is 0 Å². The van der Waals surface area contributed by atoms with Crippen LogP contribution in [0.15, 0.2) is 30.3 Å². The van der Waals surface area contributed by atoms with Crippen LogP contribution >= 0.6 is 0 Å². The molecule has 106 valence electrons. The number of piperidine rings is 1. The van der Waals surface area contributed by atoms with E-state index in [0.717, 1.165) is 30.8 Å². The van der Waals surface area contributed by atoms with Crippen molar-refractivity contribution in [3.63, 3.8) is 0 Å². The maximum absolute atomic E-state index is 6.02. The molecular weight excluding hydrogens is 246 g/mol. The van der Waals surface area contributed by atoms with E-state index in [1.165, 1.54) is 30.2 Å². The number of anilines is 1. The Morgan fingerprint density at radius 2 is 1.95 bits per heavy atom. The van der Waals surface area contributed by atoms with E-state index in [1.54, 1.807) is 0 Å². The lowest BCUT2D eigenvalue weighted by Gasteiger charge is -2.30. The van der Waals surface area contributed by atoms with E-state index in [1.807, 2.05) is 0 Å². The maximum Gasteiger partial charge on any atom is 0.132 e. The van der Waals surface area contributed by atoms with Gasteiger partial charge in [0.1, 0.15) is 5.82 Å². The Hall–Kier alpha value is -1.61. The molecule has 0 saturated carbocycles. The highest BCUT2D eigenvalue weighted by molar-refractivity contribution is 5.81. The molecule has 1 fully saturated rings. The second-order valence-corrected chi connectivity index (χ2v) is 5.89. The van der Waals surface area contributed by atoms with Crippen molar-refractivity contribution in [2.75, 3.05) is 18.0 Å². The van der Waals surface area contributed by atoms with Crippen LogP contribution in [-0.4, -0.2) is 24.1 Å². The minimum absolute atomic E-state index is 0.168. The van der Waals surface area contributed by atoms with Crippen LogP contribution < -0.4 is 10.6 Å². The number of nitrogens with two attached hydrogens (primary N) is 1. The number of pyridine rings is 1. The van der Waals surface area contributed by atoms with Crippen molar-refractivity contribution in [2.24, 2.45) is 5.73 Å². The molecule has 1 aliphatic heterocycles. The van der Waals surface area contributed by atoms with Crippen molar-refractivity contribution in [3.05, 3.63) is 35.9 Å². The van der Waals surface area contributed by atoms with Crippen molar-refractivity contribution in [2.45, 2.75) is 38.6 Å². The Morgan fingerprint density at radius 1 is 1.20 bits per heavy atom. The fourth-order valence-corrected chi connectivity index (χ4v) is 3.03. The van der Waals surface area contributed by atoms with E-state index in [-0.39, 0.29) is 6.04 Å². The molecule has 1 atom stereocenters. The van der Waals surface area contributed by atoms with Crippen LogP contribution in [0.3, 0.4) is 0 Å². The van der Waals surface area contributed by atoms with Gasteiger partial charge >= 0.3 is 0 Å². The molecule has 2 heterocycles. The topological polar surface area (TPSA) is 42.1 Å². The first-order chi connectivity index (χ1) is 9.74. The summed E-state index contributed by atoms with van der Waals surface area (Å²) in [6.45, 7) is 4.31. The first kappa shape index (κ1) is 13.4. The molecule has 3 rings (SSSR count). The van der Waals surface area contributed by atoms with Crippen molar-refractivity contribution in [1.29, 1.82) is 0 Å². The molecule has 0 amide bonds. The lowest BCUT2D eigenvalue weighted by atomic mass is 10.0. The zero-order valence-corrected chi connectivity index (χ0v) is 12.2. The quantitative estimate of drug-likeness (QED) is 0.931. The maximum atomic E-state index is 6.02. The SMILES string of the molecule is CC(N)Cc1cc2ccccc2nc1N1CCCCC1. The Balaban J connectivity index is 2.05. The number of fused-ring (bicyclic) bond motifs is 1. The zero-order chi connectivity index (χ0) is 13.9. The third-order valence-corrected chi connectivity index (χ3v) is 3.98. The summed E-state index contributed by atoms with van der Waals surface area (Å²) >= 11 is 0. The van der Waals surface area contributed by atoms with Gasteiger partial charge < -0.3 is 10.6 Å². The summed E-state index contributed by atoms with van der Waals surface area (Å²) in [7, 11) is 0. The highest BCUT2D eigenvalue weighted by Gasteiger charge is 2.17. The largest absolute Gasteiger partial charge is 0.356 e. The van der Waals surface area contributed by atoms with Crippen molar-refractivity contribution < 1.29 is 0 Å². The van der Waals surface area contributed by atoms with Gasteiger partial charge in [-0.25, -0.2) is 4.98 Å². The van der Waals surface area contributed by atoms with Crippen LogP contribution in [0.1, 0.15) is 31.7 Å². The molecule has 20 heavy (non-hydrogen) atoms. The molecule has 0 bridgehead atoms. The second-order valence-electron chi connectivity index (χ2n) is 5.89. The first-order valence-corrected chi connectivity index (χ1v) is 7.63. The number of benzene rings is 1. The van der Waals surface area contributed by atoms with Crippen molar-refractivity contribution in [1.82, 2.24) is 4.98 Å². The van der Waals surface area contributed by atoms with Gasteiger partial charge in [0, 0.05) is 24.5 Å². The van der Waals surface area contributed by atoms with Gasteiger partial charge in [-0.1, -0.05) is 18.2 Å². The van der Waals surface area contributed by atoms with Gasteiger partial charge in [0.2, 0.25) is 0 Å². The van der Waals surface area contributed by atoms with Crippen LogP contribution in [0.25, 0.3) is 10.9 Å². The highest BCUT2D eigenvalue weighted by atomic mass is 15.2. The van der Waals surface area contributed by atoms with Crippen LogP contribution in [0.2, 0.25) is 0 Å². The Kier molecular flexibility index (Phi) is 3.88. The van der Waals surface area contributed by atoms with E-state index < -0.39 is 0 Å². The Labute approximate surface area is 120 Å². The smallest absolute Gasteiger partial charge is 0.132 e.